The summed E-state index contributed by atoms with van der Waals surface area (Å²) in [4.78, 5) is 57.8. The van der Waals surface area contributed by atoms with E-state index in [4.69, 9.17) is 4.74 Å². The van der Waals surface area contributed by atoms with Crippen LogP contribution in [0.5, 0.6) is 0 Å². The lowest BCUT2D eigenvalue weighted by Crippen LogP contribution is -2.43. The second-order valence-electron chi connectivity index (χ2n) is 11.4. The molecule has 0 bridgehead atoms. The van der Waals surface area contributed by atoms with Crippen LogP contribution in [0, 0.1) is 5.92 Å². The van der Waals surface area contributed by atoms with Crippen LogP contribution in [0.15, 0.2) is 64.4 Å². The monoisotopic (exact) mass is 577 g/mol. The zero-order valence-corrected chi connectivity index (χ0v) is 24.3. The average molecular weight is 578 g/mol. The van der Waals surface area contributed by atoms with E-state index in [9.17, 15) is 19.2 Å². The van der Waals surface area contributed by atoms with Crippen LogP contribution in [0.2, 0.25) is 0 Å². The molecule has 0 N–H and O–H groups in total. The number of imide groups is 1. The quantitative estimate of drug-likeness (QED) is 0.438. The van der Waals surface area contributed by atoms with E-state index >= 15 is 0 Å². The summed E-state index contributed by atoms with van der Waals surface area (Å²) in [5, 5.41) is -0.0925. The summed E-state index contributed by atoms with van der Waals surface area (Å²) in [5.74, 6) is -1.84. The fraction of sp³-hybridized carbons (Fsp3) is 0.400. The van der Waals surface area contributed by atoms with Crippen LogP contribution in [-0.4, -0.2) is 58.7 Å². The van der Waals surface area contributed by atoms with Crippen LogP contribution in [-0.2, 0) is 31.1 Å². The molecule has 0 aliphatic carbocycles. The normalized spacial score (nSPS) is 22.8. The highest BCUT2D eigenvalue weighted by Crippen LogP contribution is 2.54. The van der Waals surface area contributed by atoms with Crippen molar-refractivity contribution in [3.63, 3.8) is 0 Å². The van der Waals surface area contributed by atoms with Gasteiger partial charge in [0.1, 0.15) is 11.8 Å². The van der Waals surface area contributed by atoms with Crippen molar-refractivity contribution in [2.75, 3.05) is 31.2 Å². The standard InChI is InChI=1S/C30H31N3O5S2/c1-30(2,3)19-11-9-18(10-12-19)22-23-24(27(36)33(26(23)35)20-7-5-4-6-8-20)39-28-25(22)40-29(37)32(28)17-21(34)31-13-15-38-16-14-31/h4-12,22-24H,13-17H2,1-3H3. The average Bonchev–Trinajstić information content (AvgIpc) is 3.39. The molecule has 208 valence electrons. The minimum Gasteiger partial charge on any atom is -0.378 e. The Morgan fingerprint density at radius 1 is 0.950 bits per heavy atom. The number of aromatic nitrogens is 1. The summed E-state index contributed by atoms with van der Waals surface area (Å²) in [7, 11) is 0. The Morgan fingerprint density at radius 2 is 1.62 bits per heavy atom. The maximum Gasteiger partial charge on any atom is 0.308 e. The Labute approximate surface area is 240 Å². The molecule has 3 unspecified atom stereocenters. The van der Waals surface area contributed by atoms with Crippen molar-refractivity contribution in [2.24, 2.45) is 5.92 Å². The molecule has 2 saturated heterocycles. The van der Waals surface area contributed by atoms with Gasteiger partial charge in [-0.15, -0.1) is 0 Å². The van der Waals surface area contributed by atoms with Crippen LogP contribution in [0.3, 0.4) is 0 Å². The molecule has 2 aromatic carbocycles. The summed E-state index contributed by atoms with van der Waals surface area (Å²) in [6.45, 7) is 8.23. The topological polar surface area (TPSA) is 88.9 Å². The van der Waals surface area contributed by atoms with E-state index in [0.717, 1.165) is 27.3 Å². The minimum atomic E-state index is -0.703. The third kappa shape index (κ3) is 4.61. The van der Waals surface area contributed by atoms with E-state index in [1.165, 1.54) is 21.2 Å². The van der Waals surface area contributed by atoms with Crippen molar-refractivity contribution in [1.82, 2.24) is 9.47 Å². The van der Waals surface area contributed by atoms with Gasteiger partial charge in [0, 0.05) is 23.9 Å². The molecule has 0 spiro atoms. The van der Waals surface area contributed by atoms with Gasteiger partial charge in [-0.2, -0.15) is 0 Å². The molecule has 3 aromatic rings. The molecule has 3 amide bonds. The molecule has 0 saturated carbocycles. The number of nitrogens with zero attached hydrogens (tertiary/aromatic N) is 3. The van der Waals surface area contributed by atoms with Crippen LogP contribution in [0.25, 0.3) is 0 Å². The highest BCUT2D eigenvalue weighted by Gasteiger charge is 2.56. The summed E-state index contributed by atoms with van der Waals surface area (Å²) in [6, 6.07) is 17.1. The summed E-state index contributed by atoms with van der Waals surface area (Å²) in [6.07, 6.45) is 0. The second kappa shape index (κ2) is 10.3. The molecule has 3 atom stereocenters. The van der Waals surface area contributed by atoms with Crippen molar-refractivity contribution in [2.45, 2.75) is 48.9 Å². The molecule has 40 heavy (non-hydrogen) atoms. The first kappa shape index (κ1) is 27.0. The third-order valence-corrected chi connectivity index (χ3v) is 10.5. The van der Waals surface area contributed by atoms with Gasteiger partial charge in [-0.05, 0) is 28.7 Å². The summed E-state index contributed by atoms with van der Waals surface area (Å²) in [5.41, 5.74) is 2.53. The predicted molar refractivity (Wildman–Crippen MR) is 155 cm³/mol. The van der Waals surface area contributed by atoms with Crippen LogP contribution >= 0.6 is 23.1 Å². The molecular formula is C30H31N3O5S2. The van der Waals surface area contributed by atoms with E-state index in [2.05, 4.69) is 32.9 Å². The SMILES string of the molecule is CC(C)(C)c1ccc(C2c3sc(=O)n(CC(=O)N4CCOCC4)c3SC3C(=O)N(c4ccccc4)C(=O)C32)cc1. The smallest absolute Gasteiger partial charge is 0.308 e. The summed E-state index contributed by atoms with van der Waals surface area (Å²) < 4.78 is 6.87. The molecule has 0 radical (unpaired) electrons. The number of thioether (sulfide) groups is 1. The van der Waals surface area contributed by atoms with Crippen molar-refractivity contribution >= 4 is 46.5 Å². The highest BCUT2D eigenvalue weighted by molar-refractivity contribution is 8.00. The van der Waals surface area contributed by atoms with Crippen molar-refractivity contribution in [3.8, 4) is 0 Å². The first-order valence-corrected chi connectivity index (χ1v) is 15.1. The van der Waals surface area contributed by atoms with Crippen LogP contribution < -0.4 is 9.77 Å². The number of fused-ring (bicyclic) bond motifs is 2. The molecule has 10 heteroatoms. The highest BCUT2D eigenvalue weighted by atomic mass is 32.2. The fourth-order valence-electron chi connectivity index (χ4n) is 5.68. The number of rotatable bonds is 4. The first-order valence-electron chi connectivity index (χ1n) is 13.4. The first-order chi connectivity index (χ1) is 19.1. The number of hydrogen-bond donors (Lipinski definition) is 0. The Morgan fingerprint density at radius 3 is 2.27 bits per heavy atom. The molecule has 8 nitrogen and oxygen atoms in total. The van der Waals surface area contributed by atoms with Gasteiger partial charge >= 0.3 is 4.87 Å². The predicted octanol–water partition coefficient (Wildman–Crippen LogP) is 3.86. The van der Waals surface area contributed by atoms with Crippen LogP contribution in [0.4, 0.5) is 5.69 Å². The van der Waals surface area contributed by atoms with Gasteiger partial charge in [-0.3, -0.25) is 23.7 Å². The number of para-hydroxylation sites is 1. The third-order valence-electron chi connectivity index (χ3n) is 7.86. The number of hydrogen-bond acceptors (Lipinski definition) is 7. The maximum absolute atomic E-state index is 14.0. The second-order valence-corrected chi connectivity index (χ2v) is 13.5. The van der Waals surface area contributed by atoms with Gasteiger partial charge in [-0.1, -0.05) is 86.3 Å². The number of thiazole rings is 1. The lowest BCUT2D eigenvalue weighted by molar-refractivity contribution is -0.136. The van der Waals surface area contributed by atoms with Gasteiger partial charge in [0.05, 0.1) is 29.8 Å². The fourth-order valence-corrected chi connectivity index (χ4v) is 8.46. The molecule has 3 aliphatic heterocycles. The minimum absolute atomic E-state index is 0.0497. The van der Waals surface area contributed by atoms with Gasteiger partial charge in [-0.25, -0.2) is 4.90 Å². The van der Waals surface area contributed by atoms with Crippen LogP contribution in [0.1, 0.15) is 42.7 Å². The van der Waals surface area contributed by atoms with E-state index in [1.54, 1.807) is 29.2 Å². The molecule has 4 heterocycles. The van der Waals surface area contributed by atoms with Gasteiger partial charge in [0.15, 0.2) is 0 Å². The number of ether oxygens (including phenoxy) is 1. The van der Waals surface area contributed by atoms with E-state index in [1.807, 2.05) is 18.2 Å². The van der Waals surface area contributed by atoms with Gasteiger partial charge < -0.3 is 9.64 Å². The Balaban J connectivity index is 1.44. The van der Waals surface area contributed by atoms with E-state index in [0.29, 0.717) is 37.0 Å². The Kier molecular flexibility index (Phi) is 6.96. The summed E-state index contributed by atoms with van der Waals surface area (Å²) >= 11 is 2.32. The van der Waals surface area contributed by atoms with Crippen molar-refractivity contribution in [1.29, 1.82) is 0 Å². The van der Waals surface area contributed by atoms with Crippen molar-refractivity contribution in [3.05, 3.63) is 80.3 Å². The molecule has 3 aliphatic rings. The number of amides is 3. The molecule has 1 aromatic heterocycles. The van der Waals surface area contributed by atoms with Crippen molar-refractivity contribution < 1.29 is 19.1 Å². The lowest BCUT2D eigenvalue weighted by atomic mass is 9.81. The molecule has 6 rings (SSSR count). The van der Waals surface area contributed by atoms with Gasteiger partial charge in [0.25, 0.3) is 0 Å². The van der Waals surface area contributed by atoms with E-state index < -0.39 is 17.1 Å². The lowest BCUT2D eigenvalue weighted by Gasteiger charge is -2.31. The molecular weight excluding hydrogens is 546 g/mol. The van der Waals surface area contributed by atoms with E-state index in [-0.39, 0.29) is 34.6 Å². The number of carbonyl (C=O) groups excluding carboxylic acids is 3. The largest absolute Gasteiger partial charge is 0.378 e. The number of morpholine rings is 1. The zero-order valence-electron chi connectivity index (χ0n) is 22.7. The molecule has 2 fully saturated rings. The number of benzene rings is 2. The van der Waals surface area contributed by atoms with Gasteiger partial charge in [0.2, 0.25) is 17.7 Å². The number of carbonyl (C=O) groups is 3. The Hall–Kier alpha value is -3.21. The zero-order chi connectivity index (χ0) is 28.2. The Bertz CT molecular complexity index is 1520. The maximum atomic E-state index is 14.0. The number of anilines is 1.